The van der Waals surface area contributed by atoms with Crippen molar-refractivity contribution in [3.8, 4) is 0 Å². The van der Waals surface area contributed by atoms with Gasteiger partial charge in [-0.15, -0.1) is 5.10 Å². The summed E-state index contributed by atoms with van der Waals surface area (Å²) in [5.74, 6) is 1.06. The van der Waals surface area contributed by atoms with Crippen LogP contribution in [0.3, 0.4) is 0 Å². The van der Waals surface area contributed by atoms with Gasteiger partial charge in [-0.05, 0) is 19.9 Å². The molecule has 0 aromatic carbocycles. The van der Waals surface area contributed by atoms with Crippen LogP contribution in [0.2, 0.25) is 0 Å². The molecule has 1 aliphatic heterocycles. The Morgan fingerprint density at radius 2 is 2.21 bits per heavy atom. The van der Waals surface area contributed by atoms with E-state index in [1.807, 2.05) is 4.90 Å². The highest BCUT2D eigenvalue weighted by Crippen LogP contribution is 2.12. The maximum atomic E-state index is 12.3. The van der Waals surface area contributed by atoms with Crippen LogP contribution in [0.4, 0.5) is 0 Å². The maximum Gasteiger partial charge on any atom is 0.293 e. The van der Waals surface area contributed by atoms with Gasteiger partial charge in [0.05, 0.1) is 0 Å². The van der Waals surface area contributed by atoms with Gasteiger partial charge >= 0.3 is 0 Å². The molecule has 2 rings (SSSR count). The van der Waals surface area contributed by atoms with Gasteiger partial charge in [0.25, 0.3) is 5.91 Å². The van der Waals surface area contributed by atoms with E-state index in [-0.39, 0.29) is 5.91 Å². The third-order valence-electron chi connectivity index (χ3n) is 3.75. The summed E-state index contributed by atoms with van der Waals surface area (Å²) in [6.45, 7) is 6.67. The molecule has 1 amide bonds. The Bertz CT molecular complexity index is 430. The third kappa shape index (κ3) is 3.12. The van der Waals surface area contributed by atoms with Crippen molar-refractivity contribution in [1.82, 2.24) is 25.0 Å². The summed E-state index contributed by atoms with van der Waals surface area (Å²) in [5, 5.41) is 6.88. The van der Waals surface area contributed by atoms with E-state index in [9.17, 15) is 4.79 Å². The van der Waals surface area contributed by atoms with Gasteiger partial charge in [-0.2, -0.15) is 0 Å². The monoisotopic (exact) mass is 265 g/mol. The molecule has 1 N–H and O–H groups in total. The minimum Gasteiger partial charge on any atom is -0.333 e. The molecule has 1 fully saturated rings. The predicted octanol–water partition coefficient (Wildman–Crippen LogP) is 0.923. The molecular weight excluding hydrogens is 242 g/mol. The van der Waals surface area contributed by atoms with Crippen LogP contribution >= 0.6 is 0 Å². The molecule has 1 aromatic rings. The maximum absolute atomic E-state index is 12.3. The Morgan fingerprint density at radius 3 is 2.89 bits per heavy atom. The number of carbonyl (C=O) groups is 1. The van der Waals surface area contributed by atoms with Gasteiger partial charge in [-0.1, -0.05) is 13.8 Å². The number of likely N-dealkylation sites (N-methyl/N-ethyl adjacent to an activating group) is 1. The van der Waals surface area contributed by atoms with Gasteiger partial charge in [0, 0.05) is 32.1 Å². The standard InChI is InChI=1S/C13H23N5O/c1-4-6-11-14-12(16-15-11)13(19)18-8-7-17(3)10(5-2)9-18/h10H,4-9H2,1-3H3,(H,14,15,16). The van der Waals surface area contributed by atoms with E-state index in [4.69, 9.17) is 0 Å². The summed E-state index contributed by atoms with van der Waals surface area (Å²) in [6, 6.07) is 0.437. The summed E-state index contributed by atoms with van der Waals surface area (Å²) in [5.41, 5.74) is 0. The Labute approximate surface area is 114 Å². The molecule has 2 heterocycles. The van der Waals surface area contributed by atoms with Crippen LogP contribution in [0.5, 0.6) is 0 Å². The number of carbonyl (C=O) groups excluding carboxylic acids is 1. The minimum absolute atomic E-state index is 0.0508. The number of nitrogens with one attached hydrogen (secondary N) is 1. The smallest absolute Gasteiger partial charge is 0.293 e. The van der Waals surface area contributed by atoms with E-state index in [0.717, 1.165) is 44.7 Å². The average Bonchev–Trinajstić information content (AvgIpc) is 2.87. The number of H-pyrrole nitrogens is 1. The van der Waals surface area contributed by atoms with Crippen LogP contribution in [0.15, 0.2) is 0 Å². The summed E-state index contributed by atoms with van der Waals surface area (Å²) < 4.78 is 0. The number of aromatic amines is 1. The molecule has 19 heavy (non-hydrogen) atoms. The first-order valence-corrected chi connectivity index (χ1v) is 7.06. The van der Waals surface area contributed by atoms with E-state index in [0.29, 0.717) is 11.9 Å². The molecule has 6 nitrogen and oxygen atoms in total. The molecule has 1 unspecified atom stereocenters. The van der Waals surface area contributed by atoms with Crippen molar-refractivity contribution in [1.29, 1.82) is 0 Å². The number of aryl methyl sites for hydroxylation is 1. The highest BCUT2D eigenvalue weighted by molar-refractivity contribution is 5.90. The quantitative estimate of drug-likeness (QED) is 0.879. The van der Waals surface area contributed by atoms with Gasteiger partial charge in [-0.25, -0.2) is 4.98 Å². The normalized spacial score (nSPS) is 20.8. The minimum atomic E-state index is -0.0508. The number of hydrogen-bond donors (Lipinski definition) is 1. The lowest BCUT2D eigenvalue weighted by atomic mass is 10.1. The molecule has 0 spiro atoms. The van der Waals surface area contributed by atoms with Crippen molar-refractivity contribution >= 4 is 5.91 Å². The molecule has 0 aliphatic carbocycles. The lowest BCUT2D eigenvalue weighted by Gasteiger charge is -2.38. The van der Waals surface area contributed by atoms with Gasteiger partial charge in [0.15, 0.2) is 0 Å². The first-order valence-electron chi connectivity index (χ1n) is 7.06. The lowest BCUT2D eigenvalue weighted by molar-refractivity contribution is 0.0531. The Kier molecular flexibility index (Phi) is 4.52. The summed E-state index contributed by atoms with van der Waals surface area (Å²) in [7, 11) is 2.11. The average molecular weight is 265 g/mol. The zero-order chi connectivity index (χ0) is 13.8. The molecule has 0 bridgehead atoms. The van der Waals surface area contributed by atoms with Crippen molar-refractivity contribution in [2.75, 3.05) is 26.7 Å². The van der Waals surface area contributed by atoms with Crippen LogP contribution in [-0.4, -0.2) is 63.6 Å². The van der Waals surface area contributed by atoms with E-state index in [2.05, 4.69) is 41.0 Å². The van der Waals surface area contributed by atoms with Crippen molar-refractivity contribution in [2.24, 2.45) is 0 Å². The number of aromatic nitrogens is 3. The van der Waals surface area contributed by atoms with Crippen molar-refractivity contribution in [3.63, 3.8) is 0 Å². The second-order valence-corrected chi connectivity index (χ2v) is 5.15. The fourth-order valence-electron chi connectivity index (χ4n) is 2.45. The Balaban J connectivity index is 2.02. The second-order valence-electron chi connectivity index (χ2n) is 5.15. The van der Waals surface area contributed by atoms with Crippen molar-refractivity contribution in [3.05, 3.63) is 11.6 Å². The summed E-state index contributed by atoms with van der Waals surface area (Å²) >= 11 is 0. The van der Waals surface area contributed by atoms with Crippen molar-refractivity contribution in [2.45, 2.75) is 39.2 Å². The number of piperazine rings is 1. The molecule has 0 radical (unpaired) electrons. The van der Waals surface area contributed by atoms with E-state index < -0.39 is 0 Å². The number of nitrogens with zero attached hydrogens (tertiary/aromatic N) is 4. The lowest BCUT2D eigenvalue weighted by Crippen LogP contribution is -2.53. The first-order chi connectivity index (χ1) is 9.15. The Hall–Kier alpha value is -1.43. The highest BCUT2D eigenvalue weighted by Gasteiger charge is 2.28. The number of rotatable bonds is 4. The zero-order valence-electron chi connectivity index (χ0n) is 12.0. The van der Waals surface area contributed by atoms with Crippen LogP contribution in [0.1, 0.15) is 43.1 Å². The van der Waals surface area contributed by atoms with Gasteiger partial charge in [-0.3, -0.25) is 14.8 Å². The van der Waals surface area contributed by atoms with Gasteiger partial charge < -0.3 is 4.90 Å². The molecule has 1 saturated heterocycles. The molecule has 0 saturated carbocycles. The van der Waals surface area contributed by atoms with Gasteiger partial charge in [0.1, 0.15) is 5.82 Å². The second kappa shape index (κ2) is 6.14. The van der Waals surface area contributed by atoms with E-state index in [1.54, 1.807) is 0 Å². The van der Waals surface area contributed by atoms with E-state index >= 15 is 0 Å². The predicted molar refractivity (Wildman–Crippen MR) is 73.0 cm³/mol. The molecular formula is C13H23N5O. The van der Waals surface area contributed by atoms with Crippen LogP contribution in [0.25, 0.3) is 0 Å². The topological polar surface area (TPSA) is 65.1 Å². The molecule has 1 aliphatic rings. The number of amides is 1. The molecule has 6 heteroatoms. The number of hydrogen-bond acceptors (Lipinski definition) is 4. The van der Waals surface area contributed by atoms with Crippen LogP contribution < -0.4 is 0 Å². The van der Waals surface area contributed by atoms with E-state index in [1.165, 1.54) is 0 Å². The van der Waals surface area contributed by atoms with Crippen LogP contribution in [0, 0.1) is 0 Å². The third-order valence-corrected chi connectivity index (χ3v) is 3.75. The largest absolute Gasteiger partial charge is 0.333 e. The zero-order valence-corrected chi connectivity index (χ0v) is 12.0. The SMILES string of the molecule is CCCc1nc(C(=O)N2CCN(C)C(CC)C2)n[nH]1. The van der Waals surface area contributed by atoms with Crippen LogP contribution in [-0.2, 0) is 6.42 Å². The molecule has 106 valence electrons. The summed E-state index contributed by atoms with van der Waals surface area (Å²) in [6.07, 6.45) is 2.88. The summed E-state index contributed by atoms with van der Waals surface area (Å²) in [4.78, 5) is 20.8. The molecule has 1 aromatic heterocycles. The fourth-order valence-corrected chi connectivity index (χ4v) is 2.45. The van der Waals surface area contributed by atoms with Crippen molar-refractivity contribution < 1.29 is 4.79 Å². The Morgan fingerprint density at radius 1 is 1.42 bits per heavy atom. The molecule has 1 atom stereocenters. The first kappa shape index (κ1) is 14.0. The van der Waals surface area contributed by atoms with Gasteiger partial charge in [0.2, 0.25) is 5.82 Å². The highest BCUT2D eigenvalue weighted by atomic mass is 16.2. The fraction of sp³-hybridized carbons (Fsp3) is 0.769.